The van der Waals surface area contributed by atoms with E-state index >= 15 is 0 Å². The molecule has 0 aromatic rings. The molecule has 1 amide bonds. The molecular weight excluding hydrogens is 238 g/mol. The lowest BCUT2D eigenvalue weighted by Crippen LogP contribution is -2.57. The molecule has 1 fully saturated rings. The van der Waals surface area contributed by atoms with Crippen LogP contribution in [0.2, 0.25) is 0 Å². The fourth-order valence-corrected chi connectivity index (χ4v) is 3.09. The van der Waals surface area contributed by atoms with Gasteiger partial charge in [-0.25, -0.2) is 0 Å². The van der Waals surface area contributed by atoms with Gasteiger partial charge in [0.05, 0.1) is 6.04 Å². The molecule has 1 aliphatic carbocycles. The summed E-state index contributed by atoms with van der Waals surface area (Å²) in [5, 5.41) is 0. The maximum absolute atomic E-state index is 12.6. The Bertz CT molecular complexity index is 291. The highest BCUT2D eigenvalue weighted by atomic mass is 16.2. The third-order valence-electron chi connectivity index (χ3n) is 4.38. The van der Waals surface area contributed by atoms with Crippen molar-refractivity contribution in [1.82, 2.24) is 9.80 Å². The normalized spacial score (nSPS) is 25.7. The highest BCUT2D eigenvalue weighted by Gasteiger charge is 2.35. The van der Waals surface area contributed by atoms with Crippen LogP contribution in [0.25, 0.3) is 0 Å². The summed E-state index contributed by atoms with van der Waals surface area (Å²) in [6, 6.07) is 0.424. The Morgan fingerprint density at radius 3 is 2.16 bits per heavy atom. The van der Waals surface area contributed by atoms with Crippen LogP contribution in [0.5, 0.6) is 0 Å². The molecule has 0 aromatic carbocycles. The van der Waals surface area contributed by atoms with Crippen molar-refractivity contribution in [2.24, 2.45) is 11.7 Å². The number of hydrogen-bond acceptors (Lipinski definition) is 3. The van der Waals surface area contributed by atoms with Crippen molar-refractivity contribution in [3.05, 3.63) is 0 Å². The molecule has 0 radical (unpaired) electrons. The minimum absolute atomic E-state index is 0.122. The number of rotatable bonds is 5. The third-order valence-corrected chi connectivity index (χ3v) is 4.38. The van der Waals surface area contributed by atoms with Gasteiger partial charge in [0.15, 0.2) is 0 Å². The average Bonchev–Trinajstić information content (AvgIpc) is 2.38. The van der Waals surface area contributed by atoms with E-state index in [2.05, 4.69) is 25.9 Å². The second kappa shape index (κ2) is 7.25. The van der Waals surface area contributed by atoms with Crippen molar-refractivity contribution < 1.29 is 4.79 Å². The number of carbonyl (C=O) groups is 1. The molecule has 4 nitrogen and oxygen atoms in total. The molecule has 0 spiro atoms. The van der Waals surface area contributed by atoms with E-state index in [4.69, 9.17) is 5.73 Å². The minimum Gasteiger partial charge on any atom is -0.337 e. The summed E-state index contributed by atoms with van der Waals surface area (Å²) in [5.41, 5.74) is 6.06. The zero-order valence-corrected chi connectivity index (χ0v) is 13.2. The molecule has 0 saturated heterocycles. The maximum atomic E-state index is 12.6. The summed E-state index contributed by atoms with van der Waals surface area (Å²) in [5.74, 6) is 0.319. The first-order chi connectivity index (χ1) is 8.90. The monoisotopic (exact) mass is 269 g/mol. The van der Waals surface area contributed by atoms with Crippen LogP contribution in [0, 0.1) is 5.92 Å². The summed E-state index contributed by atoms with van der Waals surface area (Å²) in [7, 11) is 4.23. The molecule has 1 aliphatic rings. The fourth-order valence-electron chi connectivity index (χ4n) is 3.09. The smallest absolute Gasteiger partial charge is 0.240 e. The largest absolute Gasteiger partial charge is 0.337 e. The third kappa shape index (κ3) is 3.93. The molecule has 112 valence electrons. The van der Waals surface area contributed by atoms with E-state index in [9.17, 15) is 4.79 Å². The summed E-state index contributed by atoms with van der Waals surface area (Å²) in [4.78, 5) is 16.9. The van der Waals surface area contributed by atoms with E-state index < -0.39 is 0 Å². The predicted octanol–water partition coefficient (Wildman–Crippen LogP) is 1.69. The van der Waals surface area contributed by atoms with Crippen molar-refractivity contribution in [2.45, 2.75) is 64.6 Å². The highest BCUT2D eigenvalue weighted by Crippen LogP contribution is 2.26. The Morgan fingerprint density at radius 1 is 1.21 bits per heavy atom. The summed E-state index contributed by atoms with van der Waals surface area (Å²) < 4.78 is 0. The molecule has 2 N–H and O–H groups in total. The molecule has 19 heavy (non-hydrogen) atoms. The molecule has 0 aromatic heterocycles. The number of amides is 1. The first kappa shape index (κ1) is 16.4. The van der Waals surface area contributed by atoms with Gasteiger partial charge in [0.25, 0.3) is 0 Å². The van der Waals surface area contributed by atoms with E-state index in [0.29, 0.717) is 12.1 Å². The van der Waals surface area contributed by atoms with Crippen LogP contribution in [0.4, 0.5) is 0 Å². The quantitative estimate of drug-likeness (QED) is 0.826. The Labute approximate surface area is 118 Å². The van der Waals surface area contributed by atoms with E-state index in [1.807, 2.05) is 18.7 Å². The molecule has 4 heteroatoms. The second-order valence-corrected chi connectivity index (χ2v) is 6.28. The van der Waals surface area contributed by atoms with Crippen LogP contribution in [0.15, 0.2) is 0 Å². The lowest BCUT2D eigenvalue weighted by atomic mass is 9.87. The van der Waals surface area contributed by atoms with Crippen LogP contribution in [-0.4, -0.2) is 54.5 Å². The van der Waals surface area contributed by atoms with Crippen molar-refractivity contribution in [1.29, 1.82) is 0 Å². The van der Waals surface area contributed by atoms with Gasteiger partial charge in [0, 0.05) is 18.6 Å². The zero-order valence-electron chi connectivity index (χ0n) is 13.2. The van der Waals surface area contributed by atoms with Crippen molar-refractivity contribution in [3.8, 4) is 0 Å². The summed E-state index contributed by atoms with van der Waals surface area (Å²) in [6.07, 6.45) is 4.77. The van der Waals surface area contributed by atoms with Gasteiger partial charge in [0.1, 0.15) is 0 Å². The van der Waals surface area contributed by atoms with E-state index in [-0.39, 0.29) is 17.9 Å². The number of carbonyl (C=O) groups excluding carboxylic acids is 1. The van der Waals surface area contributed by atoms with E-state index in [1.165, 1.54) is 19.3 Å². The molecule has 3 atom stereocenters. The summed E-state index contributed by atoms with van der Waals surface area (Å²) in [6.45, 7) is 6.85. The van der Waals surface area contributed by atoms with Gasteiger partial charge in [-0.05, 0) is 39.8 Å². The maximum Gasteiger partial charge on any atom is 0.240 e. The van der Waals surface area contributed by atoms with Gasteiger partial charge in [-0.15, -0.1) is 0 Å². The molecule has 0 unspecified atom stereocenters. The fraction of sp³-hybridized carbons (Fsp3) is 0.933. The minimum atomic E-state index is -0.371. The van der Waals surface area contributed by atoms with Crippen LogP contribution >= 0.6 is 0 Å². The Kier molecular flexibility index (Phi) is 6.27. The van der Waals surface area contributed by atoms with Crippen LogP contribution in [0.1, 0.15) is 46.5 Å². The van der Waals surface area contributed by atoms with Gasteiger partial charge in [-0.2, -0.15) is 0 Å². The lowest BCUT2D eigenvalue weighted by Gasteiger charge is -2.43. The Balaban J connectivity index is 2.84. The zero-order chi connectivity index (χ0) is 14.6. The van der Waals surface area contributed by atoms with Crippen molar-refractivity contribution in [3.63, 3.8) is 0 Å². The number of likely N-dealkylation sites (N-methyl/N-ethyl adjacent to an activating group) is 2. The van der Waals surface area contributed by atoms with Gasteiger partial charge in [-0.1, -0.05) is 26.7 Å². The van der Waals surface area contributed by atoms with Crippen molar-refractivity contribution in [2.75, 3.05) is 20.6 Å². The molecule has 0 aliphatic heterocycles. The molecular formula is C15H31N3O. The number of nitrogens with zero attached hydrogens (tertiary/aromatic N) is 2. The summed E-state index contributed by atoms with van der Waals surface area (Å²) >= 11 is 0. The van der Waals surface area contributed by atoms with Gasteiger partial charge >= 0.3 is 0 Å². The second-order valence-electron chi connectivity index (χ2n) is 6.28. The molecule has 0 bridgehead atoms. The molecule has 0 heterocycles. The average molecular weight is 269 g/mol. The van der Waals surface area contributed by atoms with Gasteiger partial charge in [-0.3, -0.25) is 4.79 Å². The molecule has 1 rings (SSSR count). The first-order valence-electron chi connectivity index (χ1n) is 7.62. The first-order valence-corrected chi connectivity index (χ1v) is 7.62. The topological polar surface area (TPSA) is 49.6 Å². The number of nitrogens with two attached hydrogens (primary N) is 1. The van der Waals surface area contributed by atoms with Crippen LogP contribution < -0.4 is 5.73 Å². The SMILES string of the molecule is CCN(C(=O)[C@@H](N)C(C)C)[C@@H]1CCCC[C@@H]1N(C)C. The van der Waals surface area contributed by atoms with E-state index in [0.717, 1.165) is 13.0 Å². The predicted molar refractivity (Wildman–Crippen MR) is 79.9 cm³/mol. The van der Waals surface area contributed by atoms with Gasteiger partial charge in [0.2, 0.25) is 5.91 Å². The van der Waals surface area contributed by atoms with Crippen molar-refractivity contribution >= 4 is 5.91 Å². The highest BCUT2D eigenvalue weighted by molar-refractivity contribution is 5.82. The molecule has 1 saturated carbocycles. The standard InChI is InChI=1S/C15H31N3O/c1-6-18(15(19)14(16)11(2)3)13-10-8-7-9-12(13)17(4)5/h11-14H,6-10,16H2,1-5H3/t12-,13+,14-/m0/s1. The van der Waals surface area contributed by atoms with Gasteiger partial charge < -0.3 is 15.5 Å². The van der Waals surface area contributed by atoms with Crippen LogP contribution in [0.3, 0.4) is 0 Å². The van der Waals surface area contributed by atoms with E-state index in [1.54, 1.807) is 0 Å². The van der Waals surface area contributed by atoms with Crippen LogP contribution in [-0.2, 0) is 4.79 Å². The number of hydrogen-bond donors (Lipinski definition) is 1. The Hall–Kier alpha value is -0.610. The Morgan fingerprint density at radius 2 is 1.74 bits per heavy atom. The lowest BCUT2D eigenvalue weighted by molar-refractivity contribution is -0.137.